The molecule has 9 heteroatoms. The SMILES string of the molecule is O=C(NCCF)N[C@@H]1CCN(c2cccc(OC(F)(F)F)c2)C1. The van der Waals surface area contributed by atoms with E-state index in [1.54, 1.807) is 6.07 Å². The molecule has 0 spiro atoms. The topological polar surface area (TPSA) is 53.6 Å². The van der Waals surface area contributed by atoms with Gasteiger partial charge in [-0.25, -0.2) is 9.18 Å². The molecule has 0 aromatic heterocycles. The van der Waals surface area contributed by atoms with Crippen LogP contribution in [0.2, 0.25) is 0 Å². The van der Waals surface area contributed by atoms with Gasteiger partial charge in [-0.2, -0.15) is 0 Å². The predicted molar refractivity (Wildman–Crippen MR) is 76.3 cm³/mol. The first-order valence-electron chi connectivity index (χ1n) is 7.08. The molecule has 0 aliphatic carbocycles. The van der Waals surface area contributed by atoms with Gasteiger partial charge in [0.25, 0.3) is 0 Å². The number of amides is 2. The van der Waals surface area contributed by atoms with E-state index >= 15 is 0 Å². The highest BCUT2D eigenvalue weighted by molar-refractivity contribution is 5.74. The summed E-state index contributed by atoms with van der Waals surface area (Å²) in [6.45, 7) is 0.345. The molecule has 0 saturated carbocycles. The number of anilines is 1. The maximum absolute atomic E-state index is 12.2. The molecule has 1 aliphatic heterocycles. The number of hydrogen-bond donors (Lipinski definition) is 2. The van der Waals surface area contributed by atoms with Crippen molar-refractivity contribution in [1.29, 1.82) is 0 Å². The van der Waals surface area contributed by atoms with Crippen molar-refractivity contribution in [2.45, 2.75) is 18.8 Å². The Morgan fingerprint density at radius 1 is 1.39 bits per heavy atom. The monoisotopic (exact) mass is 335 g/mol. The van der Waals surface area contributed by atoms with E-state index < -0.39 is 19.1 Å². The maximum atomic E-state index is 12.2. The van der Waals surface area contributed by atoms with Crippen LogP contribution in [0.3, 0.4) is 0 Å². The molecule has 0 bridgehead atoms. The number of hydrogen-bond acceptors (Lipinski definition) is 3. The lowest BCUT2D eigenvalue weighted by Gasteiger charge is -2.20. The summed E-state index contributed by atoms with van der Waals surface area (Å²) in [5, 5.41) is 5.06. The standard InChI is InChI=1S/C14H17F4N3O2/c15-5-6-19-13(22)20-10-4-7-21(9-10)11-2-1-3-12(8-11)23-14(16,17)18/h1-3,8,10H,4-7,9H2,(H2,19,20,22)/t10-/m1/s1. The van der Waals surface area contributed by atoms with Gasteiger partial charge in [-0.3, -0.25) is 0 Å². The third kappa shape index (κ3) is 5.50. The van der Waals surface area contributed by atoms with E-state index in [2.05, 4.69) is 15.4 Å². The molecular weight excluding hydrogens is 318 g/mol. The fraction of sp³-hybridized carbons (Fsp3) is 0.500. The number of carbonyl (C=O) groups excluding carboxylic acids is 1. The minimum Gasteiger partial charge on any atom is -0.406 e. The van der Waals surface area contributed by atoms with Gasteiger partial charge in [0.2, 0.25) is 0 Å². The summed E-state index contributed by atoms with van der Waals surface area (Å²) in [6, 6.07) is 5.08. The van der Waals surface area contributed by atoms with Gasteiger partial charge in [-0.15, -0.1) is 13.2 Å². The Morgan fingerprint density at radius 3 is 2.87 bits per heavy atom. The Bertz CT molecular complexity index is 539. The predicted octanol–water partition coefficient (Wildman–Crippen LogP) is 2.43. The fourth-order valence-electron chi connectivity index (χ4n) is 2.39. The summed E-state index contributed by atoms with van der Waals surface area (Å²) < 4.78 is 52.6. The summed E-state index contributed by atoms with van der Waals surface area (Å²) in [7, 11) is 0. The Hall–Kier alpha value is -2.19. The molecule has 23 heavy (non-hydrogen) atoms. The lowest BCUT2D eigenvalue weighted by atomic mass is 10.2. The van der Waals surface area contributed by atoms with E-state index in [0.717, 1.165) is 0 Å². The molecule has 1 saturated heterocycles. The zero-order valence-electron chi connectivity index (χ0n) is 12.2. The molecule has 1 aliphatic rings. The van der Waals surface area contributed by atoms with Gasteiger partial charge in [0.15, 0.2) is 0 Å². The van der Waals surface area contributed by atoms with Crippen LogP contribution in [-0.2, 0) is 0 Å². The number of nitrogens with zero attached hydrogens (tertiary/aromatic N) is 1. The first-order valence-corrected chi connectivity index (χ1v) is 7.08. The van der Waals surface area contributed by atoms with E-state index in [0.29, 0.717) is 25.2 Å². The average Bonchev–Trinajstić information content (AvgIpc) is 2.92. The first kappa shape index (κ1) is 17.2. The Morgan fingerprint density at radius 2 is 2.17 bits per heavy atom. The Labute approximate surface area is 130 Å². The summed E-state index contributed by atoms with van der Waals surface area (Å²) in [5.74, 6) is -0.285. The number of carbonyl (C=O) groups is 1. The van der Waals surface area contributed by atoms with Gasteiger partial charge in [0.1, 0.15) is 12.4 Å². The molecular formula is C14H17F4N3O2. The Balaban J connectivity index is 1.91. The second-order valence-electron chi connectivity index (χ2n) is 5.07. The zero-order valence-corrected chi connectivity index (χ0v) is 12.2. The second-order valence-corrected chi connectivity index (χ2v) is 5.07. The lowest BCUT2D eigenvalue weighted by Crippen LogP contribution is -2.43. The van der Waals surface area contributed by atoms with E-state index in [1.165, 1.54) is 18.2 Å². The number of halogens is 4. The second kappa shape index (κ2) is 7.38. The number of urea groups is 1. The van der Waals surface area contributed by atoms with Crippen LogP contribution in [0.4, 0.5) is 28.0 Å². The average molecular weight is 335 g/mol. The van der Waals surface area contributed by atoms with Crippen LogP contribution in [0, 0.1) is 0 Å². The number of benzene rings is 1. The largest absolute Gasteiger partial charge is 0.573 e. The highest BCUT2D eigenvalue weighted by Crippen LogP contribution is 2.28. The first-order chi connectivity index (χ1) is 10.9. The van der Waals surface area contributed by atoms with Gasteiger partial charge < -0.3 is 20.3 Å². The number of rotatable bonds is 5. The molecule has 1 fully saturated rings. The van der Waals surface area contributed by atoms with Crippen LogP contribution >= 0.6 is 0 Å². The summed E-state index contributed by atoms with van der Waals surface area (Å²) in [4.78, 5) is 13.3. The van der Waals surface area contributed by atoms with Crippen LogP contribution in [0.15, 0.2) is 24.3 Å². The molecule has 2 amide bonds. The normalized spacial score (nSPS) is 17.9. The van der Waals surface area contributed by atoms with Gasteiger partial charge in [-0.05, 0) is 18.6 Å². The molecule has 2 N–H and O–H groups in total. The summed E-state index contributed by atoms with van der Waals surface area (Å²) in [5.41, 5.74) is 0.584. The third-order valence-electron chi connectivity index (χ3n) is 3.32. The minimum atomic E-state index is -4.73. The Kier molecular flexibility index (Phi) is 5.51. The number of ether oxygens (including phenoxy) is 1. The molecule has 128 valence electrons. The highest BCUT2D eigenvalue weighted by atomic mass is 19.4. The van der Waals surface area contributed by atoms with Gasteiger partial charge in [0, 0.05) is 37.4 Å². The zero-order chi connectivity index (χ0) is 16.9. The van der Waals surface area contributed by atoms with Gasteiger partial charge in [0.05, 0.1) is 0 Å². The quantitative estimate of drug-likeness (QED) is 0.813. The van der Waals surface area contributed by atoms with Crippen LogP contribution in [0.1, 0.15) is 6.42 Å². The van der Waals surface area contributed by atoms with Crippen LogP contribution < -0.4 is 20.3 Å². The fourth-order valence-corrected chi connectivity index (χ4v) is 2.39. The van der Waals surface area contributed by atoms with Crippen LogP contribution in [0.5, 0.6) is 5.75 Å². The molecule has 0 unspecified atom stereocenters. The van der Waals surface area contributed by atoms with Crippen LogP contribution in [0.25, 0.3) is 0 Å². The summed E-state index contributed by atoms with van der Waals surface area (Å²) in [6.07, 6.45) is -4.09. The molecule has 1 atom stereocenters. The lowest BCUT2D eigenvalue weighted by molar-refractivity contribution is -0.274. The molecule has 1 aromatic rings. The van der Waals surface area contributed by atoms with Gasteiger partial charge >= 0.3 is 12.4 Å². The van der Waals surface area contributed by atoms with E-state index in [4.69, 9.17) is 0 Å². The van der Waals surface area contributed by atoms with Crippen molar-refractivity contribution in [3.05, 3.63) is 24.3 Å². The van der Waals surface area contributed by atoms with Crippen molar-refractivity contribution < 1.29 is 27.1 Å². The van der Waals surface area contributed by atoms with Crippen molar-refractivity contribution in [2.24, 2.45) is 0 Å². The van der Waals surface area contributed by atoms with Gasteiger partial charge in [-0.1, -0.05) is 6.07 Å². The van der Waals surface area contributed by atoms with Crippen molar-refractivity contribution in [3.8, 4) is 5.75 Å². The third-order valence-corrected chi connectivity index (χ3v) is 3.32. The minimum absolute atomic E-state index is 0.0565. The summed E-state index contributed by atoms with van der Waals surface area (Å²) >= 11 is 0. The van der Waals surface area contributed by atoms with E-state index in [9.17, 15) is 22.4 Å². The van der Waals surface area contributed by atoms with Crippen molar-refractivity contribution >= 4 is 11.7 Å². The number of nitrogens with one attached hydrogen (secondary N) is 2. The van der Waals surface area contributed by atoms with Crippen molar-refractivity contribution in [3.63, 3.8) is 0 Å². The van der Waals surface area contributed by atoms with E-state index in [1.807, 2.05) is 4.90 Å². The molecule has 1 heterocycles. The number of alkyl halides is 4. The maximum Gasteiger partial charge on any atom is 0.573 e. The highest BCUT2D eigenvalue weighted by Gasteiger charge is 2.31. The van der Waals surface area contributed by atoms with Crippen molar-refractivity contribution in [1.82, 2.24) is 10.6 Å². The molecule has 0 radical (unpaired) electrons. The molecule has 5 nitrogen and oxygen atoms in total. The molecule has 1 aromatic carbocycles. The van der Waals surface area contributed by atoms with Crippen LogP contribution in [-0.4, -0.2) is 44.7 Å². The smallest absolute Gasteiger partial charge is 0.406 e. The molecule has 2 rings (SSSR count). The van der Waals surface area contributed by atoms with E-state index in [-0.39, 0.29) is 18.3 Å². The van der Waals surface area contributed by atoms with Crippen molar-refractivity contribution in [2.75, 3.05) is 31.2 Å².